The maximum Gasteiger partial charge on any atom is 0.338 e. The molecule has 0 saturated heterocycles. The second-order valence-corrected chi connectivity index (χ2v) is 10.6. The van der Waals surface area contributed by atoms with Gasteiger partial charge in [0.15, 0.2) is 0 Å². The van der Waals surface area contributed by atoms with Crippen molar-refractivity contribution in [2.75, 3.05) is 22.6 Å². The number of nitrogens with zero attached hydrogens (tertiary/aromatic N) is 1. The van der Waals surface area contributed by atoms with Gasteiger partial charge in [-0.05, 0) is 98.8 Å². The molecule has 1 aliphatic heterocycles. The first-order chi connectivity index (χ1) is 20.2. The van der Waals surface area contributed by atoms with Crippen molar-refractivity contribution in [3.05, 3.63) is 94.1 Å². The predicted molar refractivity (Wildman–Crippen MR) is 160 cm³/mol. The van der Waals surface area contributed by atoms with Crippen molar-refractivity contribution in [2.24, 2.45) is 0 Å². The molecule has 0 bridgehead atoms. The molecule has 1 fully saturated rings. The maximum atomic E-state index is 13.2. The number of carbonyl (C=O) groups excluding carboxylic acids is 4. The standard InChI is InChI=1S/C32H30ClN3O6/c1-19-8-9-21(29(37)34-22-12-10-20(11-13-22)32(40)42-25-6-4-3-5-7-25)18-26(19)35-28-27(33)30(38)36(31(28)39)23-14-16-24(41-2)17-15-23/h8-18,25,35H,3-7H2,1-2H3,(H,34,37). The van der Waals surface area contributed by atoms with Crippen LogP contribution < -0.4 is 20.3 Å². The molecule has 10 heteroatoms. The Hall–Kier alpha value is -4.63. The Labute approximate surface area is 248 Å². The molecule has 2 aliphatic rings. The summed E-state index contributed by atoms with van der Waals surface area (Å²) in [6.45, 7) is 1.80. The second-order valence-electron chi connectivity index (χ2n) is 10.2. The Morgan fingerprint density at radius 1 is 0.881 bits per heavy atom. The number of esters is 1. The average molecular weight is 588 g/mol. The quantitative estimate of drug-likeness (QED) is 0.239. The lowest BCUT2D eigenvalue weighted by Gasteiger charge is -2.21. The van der Waals surface area contributed by atoms with Gasteiger partial charge in [0.05, 0.1) is 18.4 Å². The van der Waals surface area contributed by atoms with Crippen LogP contribution in [0.1, 0.15) is 58.4 Å². The van der Waals surface area contributed by atoms with E-state index in [4.69, 9.17) is 21.1 Å². The van der Waals surface area contributed by atoms with E-state index < -0.39 is 17.7 Å². The molecule has 0 unspecified atom stereocenters. The molecule has 9 nitrogen and oxygen atoms in total. The van der Waals surface area contributed by atoms with Crippen LogP contribution in [0.15, 0.2) is 77.5 Å². The van der Waals surface area contributed by atoms with E-state index in [1.165, 1.54) is 13.5 Å². The number of benzene rings is 3. The van der Waals surface area contributed by atoms with Gasteiger partial charge in [0.2, 0.25) is 0 Å². The normalized spacial score (nSPS) is 15.5. The fraction of sp³-hybridized carbons (Fsp3) is 0.250. The molecular weight excluding hydrogens is 558 g/mol. The van der Waals surface area contributed by atoms with Crippen molar-refractivity contribution in [2.45, 2.75) is 45.1 Å². The van der Waals surface area contributed by atoms with Gasteiger partial charge in [-0.25, -0.2) is 9.69 Å². The lowest BCUT2D eigenvalue weighted by Crippen LogP contribution is -2.32. The molecule has 1 saturated carbocycles. The van der Waals surface area contributed by atoms with Crippen LogP contribution in [0.5, 0.6) is 5.75 Å². The van der Waals surface area contributed by atoms with Crippen LogP contribution in [0.3, 0.4) is 0 Å². The summed E-state index contributed by atoms with van der Waals surface area (Å²) in [5.74, 6) is -1.47. The van der Waals surface area contributed by atoms with Crippen LogP contribution in [0.2, 0.25) is 0 Å². The maximum absolute atomic E-state index is 13.2. The third-order valence-electron chi connectivity index (χ3n) is 7.32. The van der Waals surface area contributed by atoms with Crippen LogP contribution in [0, 0.1) is 6.92 Å². The number of methoxy groups -OCH3 is 1. The highest BCUT2D eigenvalue weighted by Crippen LogP contribution is 2.32. The van der Waals surface area contributed by atoms with Crippen LogP contribution >= 0.6 is 11.6 Å². The largest absolute Gasteiger partial charge is 0.497 e. The zero-order chi connectivity index (χ0) is 29.8. The number of carbonyl (C=O) groups is 4. The number of imide groups is 1. The third-order valence-corrected chi connectivity index (χ3v) is 7.67. The summed E-state index contributed by atoms with van der Waals surface area (Å²) in [6.07, 6.45) is 5.06. The van der Waals surface area contributed by atoms with Crippen LogP contribution in [-0.2, 0) is 14.3 Å². The number of anilines is 3. The molecule has 3 aromatic rings. The van der Waals surface area contributed by atoms with E-state index >= 15 is 0 Å². The molecule has 0 atom stereocenters. The molecule has 5 rings (SSSR count). The molecule has 0 radical (unpaired) electrons. The highest BCUT2D eigenvalue weighted by molar-refractivity contribution is 6.53. The Balaban J connectivity index is 1.26. The number of hydrogen-bond acceptors (Lipinski definition) is 7. The number of aryl methyl sites for hydroxylation is 1. The Morgan fingerprint density at radius 3 is 2.21 bits per heavy atom. The van der Waals surface area contributed by atoms with Crippen LogP contribution in [-0.4, -0.2) is 36.9 Å². The van der Waals surface area contributed by atoms with Gasteiger partial charge in [-0.15, -0.1) is 0 Å². The molecule has 3 amide bonds. The van der Waals surface area contributed by atoms with E-state index in [0.29, 0.717) is 33.9 Å². The topological polar surface area (TPSA) is 114 Å². The van der Waals surface area contributed by atoms with E-state index in [2.05, 4.69) is 10.6 Å². The summed E-state index contributed by atoms with van der Waals surface area (Å²) in [5.41, 5.74) is 2.66. The van der Waals surface area contributed by atoms with Crippen LogP contribution in [0.4, 0.5) is 17.1 Å². The minimum absolute atomic E-state index is 0.0382. The monoisotopic (exact) mass is 587 g/mol. The molecular formula is C32H30ClN3O6. The van der Waals surface area contributed by atoms with E-state index in [-0.39, 0.29) is 22.8 Å². The van der Waals surface area contributed by atoms with Gasteiger partial charge >= 0.3 is 5.97 Å². The van der Waals surface area contributed by atoms with Crippen molar-refractivity contribution in [1.82, 2.24) is 0 Å². The highest BCUT2D eigenvalue weighted by Gasteiger charge is 2.39. The van der Waals surface area contributed by atoms with Crippen molar-refractivity contribution < 1.29 is 28.7 Å². The first kappa shape index (κ1) is 28.9. The van der Waals surface area contributed by atoms with Gasteiger partial charge in [0, 0.05) is 16.9 Å². The van der Waals surface area contributed by atoms with Crippen molar-refractivity contribution in [1.29, 1.82) is 0 Å². The highest BCUT2D eigenvalue weighted by atomic mass is 35.5. The number of hydrogen-bond donors (Lipinski definition) is 2. The third kappa shape index (κ3) is 6.16. The number of ether oxygens (including phenoxy) is 2. The van der Waals surface area contributed by atoms with Crippen LogP contribution in [0.25, 0.3) is 0 Å². The smallest absolute Gasteiger partial charge is 0.338 e. The van der Waals surface area contributed by atoms with E-state index in [1.54, 1.807) is 73.7 Å². The number of halogens is 1. The van der Waals surface area contributed by atoms with E-state index in [1.807, 2.05) is 0 Å². The fourth-order valence-corrected chi connectivity index (χ4v) is 5.12. The summed E-state index contributed by atoms with van der Waals surface area (Å²) in [4.78, 5) is 52.6. The molecule has 0 spiro atoms. The molecule has 3 aromatic carbocycles. The second kappa shape index (κ2) is 12.5. The summed E-state index contributed by atoms with van der Waals surface area (Å²) < 4.78 is 10.7. The summed E-state index contributed by atoms with van der Waals surface area (Å²) >= 11 is 6.30. The van der Waals surface area contributed by atoms with Gasteiger partial charge in [0.1, 0.15) is 22.6 Å². The predicted octanol–water partition coefficient (Wildman–Crippen LogP) is 6.18. The van der Waals surface area contributed by atoms with Crippen molar-refractivity contribution >= 4 is 52.4 Å². The summed E-state index contributed by atoms with van der Waals surface area (Å²) in [5, 5.41) is 5.51. The first-order valence-corrected chi connectivity index (χ1v) is 14.1. The Kier molecular flexibility index (Phi) is 8.59. The molecule has 42 heavy (non-hydrogen) atoms. The molecule has 216 valence electrons. The zero-order valence-corrected chi connectivity index (χ0v) is 24.0. The van der Waals surface area contributed by atoms with Crippen molar-refractivity contribution in [3.8, 4) is 5.75 Å². The van der Waals surface area contributed by atoms with Gasteiger partial charge in [-0.1, -0.05) is 24.1 Å². The van der Waals surface area contributed by atoms with Crippen molar-refractivity contribution in [3.63, 3.8) is 0 Å². The molecule has 2 N–H and O–H groups in total. The number of amides is 3. The lowest BCUT2D eigenvalue weighted by atomic mass is 9.98. The first-order valence-electron chi connectivity index (χ1n) is 13.7. The van der Waals surface area contributed by atoms with Gasteiger partial charge < -0.3 is 20.1 Å². The summed E-state index contributed by atoms with van der Waals surface area (Å²) in [7, 11) is 1.52. The van der Waals surface area contributed by atoms with Gasteiger partial charge in [-0.2, -0.15) is 0 Å². The lowest BCUT2D eigenvalue weighted by molar-refractivity contribution is -0.120. The average Bonchev–Trinajstić information content (AvgIpc) is 3.21. The number of nitrogens with one attached hydrogen (secondary N) is 2. The molecule has 0 aromatic heterocycles. The van der Waals surface area contributed by atoms with Gasteiger partial charge in [0.25, 0.3) is 17.7 Å². The Morgan fingerprint density at radius 2 is 1.55 bits per heavy atom. The van der Waals surface area contributed by atoms with E-state index in [0.717, 1.165) is 36.1 Å². The number of rotatable bonds is 8. The fourth-order valence-electron chi connectivity index (χ4n) is 4.91. The minimum Gasteiger partial charge on any atom is -0.497 e. The Bertz CT molecular complexity index is 1560. The molecule has 1 heterocycles. The zero-order valence-electron chi connectivity index (χ0n) is 23.2. The summed E-state index contributed by atoms with van der Waals surface area (Å²) in [6, 6.07) is 17.9. The minimum atomic E-state index is -0.660. The van der Waals surface area contributed by atoms with E-state index in [9.17, 15) is 19.2 Å². The molecule has 1 aliphatic carbocycles. The SMILES string of the molecule is COc1ccc(N2C(=O)C(Cl)=C(Nc3cc(C(=O)Nc4ccc(C(=O)OC5CCCCC5)cc4)ccc3C)C2=O)cc1. The van der Waals surface area contributed by atoms with Gasteiger partial charge in [-0.3, -0.25) is 14.4 Å².